The minimum absolute atomic E-state index is 0.00134. The quantitative estimate of drug-likeness (QED) is 0.720. The van der Waals surface area contributed by atoms with Gasteiger partial charge < -0.3 is 9.32 Å². The third-order valence-corrected chi connectivity index (χ3v) is 6.29. The maximum Gasteiger partial charge on any atom is 0.238 e. The predicted molar refractivity (Wildman–Crippen MR) is 102 cm³/mol. The third kappa shape index (κ3) is 3.41. The molecule has 1 amide bonds. The number of carbonyl (C=O) groups is 1. The number of anilines is 1. The number of oxazole rings is 1. The fraction of sp³-hybridized carbons (Fsp3) is 0.222. The highest BCUT2D eigenvalue weighted by Crippen LogP contribution is 2.31. The Balaban J connectivity index is 1.59. The van der Waals surface area contributed by atoms with Crippen LogP contribution < -0.4 is 10.0 Å². The molecule has 2 N–H and O–H groups in total. The number of fused-ring (bicyclic) bond motifs is 1. The summed E-state index contributed by atoms with van der Waals surface area (Å²) in [6.07, 6.45) is 0.754. The highest BCUT2D eigenvalue weighted by atomic mass is 32.2. The predicted octanol–water partition coefficient (Wildman–Crippen LogP) is 2.49. The summed E-state index contributed by atoms with van der Waals surface area (Å²) in [5.74, 6) is 0.947. The first-order valence-corrected chi connectivity index (χ1v) is 10.7. The maximum absolute atomic E-state index is 12.9. The lowest BCUT2D eigenvalue weighted by Gasteiger charge is -2.17. The zero-order valence-electron chi connectivity index (χ0n) is 14.5. The fourth-order valence-electron chi connectivity index (χ4n) is 3.13. The second-order valence-electron chi connectivity index (χ2n) is 6.31. The van der Waals surface area contributed by atoms with E-state index in [2.05, 4.69) is 4.98 Å². The van der Waals surface area contributed by atoms with Gasteiger partial charge in [-0.3, -0.25) is 4.79 Å². The minimum Gasteiger partial charge on any atom is -0.440 e. The van der Waals surface area contributed by atoms with E-state index in [4.69, 9.17) is 9.56 Å². The van der Waals surface area contributed by atoms with Crippen molar-refractivity contribution in [1.82, 2.24) is 4.98 Å². The third-order valence-electron chi connectivity index (χ3n) is 4.53. The van der Waals surface area contributed by atoms with Gasteiger partial charge in [-0.25, -0.2) is 18.5 Å². The second-order valence-corrected chi connectivity index (χ2v) is 8.82. The summed E-state index contributed by atoms with van der Waals surface area (Å²) in [7, 11) is -3.83. The van der Waals surface area contributed by atoms with Gasteiger partial charge in [-0.2, -0.15) is 0 Å². The number of nitrogens with two attached hydrogens (primary N) is 1. The topological polar surface area (TPSA) is 106 Å². The fourth-order valence-corrected chi connectivity index (χ4v) is 4.31. The first kappa shape index (κ1) is 17.9. The van der Waals surface area contributed by atoms with Gasteiger partial charge in [-0.1, -0.05) is 12.1 Å². The molecule has 0 radical (unpaired) electrons. The summed E-state index contributed by atoms with van der Waals surface area (Å²) in [5, 5.41) is 7.15. The van der Waals surface area contributed by atoms with Crippen LogP contribution in [0, 0.1) is 6.92 Å². The van der Waals surface area contributed by atoms with Crippen LogP contribution in [-0.2, 0) is 27.7 Å². The lowest BCUT2D eigenvalue weighted by molar-refractivity contribution is -0.117. The van der Waals surface area contributed by atoms with Crippen molar-refractivity contribution in [2.75, 3.05) is 11.4 Å². The number of hydrogen-bond donors (Lipinski definition) is 1. The summed E-state index contributed by atoms with van der Waals surface area (Å²) in [5.41, 5.74) is 2.09. The highest BCUT2D eigenvalue weighted by Gasteiger charge is 2.27. The molecule has 0 bridgehead atoms. The van der Waals surface area contributed by atoms with E-state index in [0.717, 1.165) is 10.4 Å². The maximum atomic E-state index is 12.9. The molecule has 0 atom stereocenters. The standard InChI is InChI=1S/C18H17N3O4S2/c1-11-14(20-18(25-11)16-3-2-8-26-16)10-17(22)21-7-6-12-4-5-13(9-15(12)21)27(19,23)24/h2-5,8-9H,6-7,10H2,1H3,(H2,19,23,24). The number of sulfonamides is 1. The molecule has 1 aromatic carbocycles. The molecule has 0 saturated heterocycles. The van der Waals surface area contributed by atoms with Gasteiger partial charge in [-0.05, 0) is 42.5 Å². The molecule has 27 heavy (non-hydrogen) atoms. The second kappa shape index (κ2) is 6.59. The number of amides is 1. The van der Waals surface area contributed by atoms with Gasteiger partial charge in [0.15, 0.2) is 0 Å². The van der Waals surface area contributed by atoms with E-state index in [1.165, 1.54) is 23.5 Å². The minimum atomic E-state index is -3.83. The molecule has 1 aliphatic rings. The van der Waals surface area contributed by atoms with E-state index in [-0.39, 0.29) is 17.2 Å². The number of primary sulfonamides is 1. The van der Waals surface area contributed by atoms with Crippen molar-refractivity contribution in [2.24, 2.45) is 5.14 Å². The van der Waals surface area contributed by atoms with E-state index >= 15 is 0 Å². The number of carbonyl (C=O) groups excluding carboxylic acids is 1. The summed E-state index contributed by atoms with van der Waals surface area (Å²) in [6.45, 7) is 2.28. The molecular formula is C18H17N3O4S2. The van der Waals surface area contributed by atoms with E-state index in [1.807, 2.05) is 17.5 Å². The molecule has 1 aliphatic heterocycles. The smallest absolute Gasteiger partial charge is 0.238 e. The van der Waals surface area contributed by atoms with Crippen molar-refractivity contribution in [3.63, 3.8) is 0 Å². The first-order chi connectivity index (χ1) is 12.8. The van der Waals surface area contributed by atoms with Crippen molar-refractivity contribution in [1.29, 1.82) is 0 Å². The normalized spacial score (nSPS) is 13.8. The van der Waals surface area contributed by atoms with Gasteiger partial charge in [0, 0.05) is 12.2 Å². The van der Waals surface area contributed by atoms with Gasteiger partial charge >= 0.3 is 0 Å². The Bertz CT molecular complexity index is 1120. The monoisotopic (exact) mass is 403 g/mol. The average Bonchev–Trinajstić information content (AvgIpc) is 3.33. The molecule has 0 saturated carbocycles. The molecule has 0 aliphatic carbocycles. The number of aromatic nitrogens is 1. The van der Waals surface area contributed by atoms with Crippen LogP contribution in [0.2, 0.25) is 0 Å². The van der Waals surface area contributed by atoms with Crippen LogP contribution >= 0.6 is 11.3 Å². The number of thiophene rings is 1. The van der Waals surface area contributed by atoms with Crippen LogP contribution in [-0.4, -0.2) is 25.9 Å². The number of hydrogen-bond acceptors (Lipinski definition) is 6. The van der Waals surface area contributed by atoms with Gasteiger partial charge in [0.2, 0.25) is 21.8 Å². The van der Waals surface area contributed by atoms with E-state index in [0.29, 0.717) is 36.0 Å². The van der Waals surface area contributed by atoms with Crippen LogP contribution in [0.4, 0.5) is 5.69 Å². The number of aryl methyl sites for hydroxylation is 1. The van der Waals surface area contributed by atoms with Crippen LogP contribution in [0.3, 0.4) is 0 Å². The van der Waals surface area contributed by atoms with Gasteiger partial charge in [0.05, 0.1) is 21.9 Å². The van der Waals surface area contributed by atoms with Crippen molar-refractivity contribution >= 4 is 33.0 Å². The lowest BCUT2D eigenvalue weighted by Crippen LogP contribution is -2.30. The Hall–Kier alpha value is -2.49. The SMILES string of the molecule is Cc1oc(-c2cccs2)nc1CC(=O)N1CCc2ccc(S(N)(=O)=O)cc21. The summed E-state index contributed by atoms with van der Waals surface area (Å²) in [6, 6.07) is 8.46. The van der Waals surface area contributed by atoms with E-state index in [9.17, 15) is 13.2 Å². The molecule has 0 spiro atoms. The molecular weight excluding hydrogens is 386 g/mol. The molecule has 4 rings (SSSR count). The Kier molecular flexibility index (Phi) is 4.37. The summed E-state index contributed by atoms with van der Waals surface area (Å²) in [4.78, 5) is 19.8. The zero-order chi connectivity index (χ0) is 19.2. The molecule has 0 unspecified atom stereocenters. The van der Waals surface area contributed by atoms with Crippen molar-refractivity contribution in [3.05, 3.63) is 52.7 Å². The van der Waals surface area contributed by atoms with Gasteiger partial charge in [0.25, 0.3) is 0 Å². The largest absolute Gasteiger partial charge is 0.440 e. The van der Waals surface area contributed by atoms with Crippen molar-refractivity contribution in [2.45, 2.75) is 24.7 Å². The van der Waals surface area contributed by atoms with Crippen molar-refractivity contribution < 1.29 is 17.6 Å². The molecule has 3 aromatic rings. The van der Waals surface area contributed by atoms with E-state index in [1.54, 1.807) is 17.9 Å². The number of benzene rings is 1. The van der Waals surface area contributed by atoms with Crippen molar-refractivity contribution in [3.8, 4) is 10.8 Å². The number of rotatable bonds is 4. The summed E-state index contributed by atoms with van der Waals surface area (Å²) >= 11 is 1.52. The lowest BCUT2D eigenvalue weighted by atomic mass is 10.2. The average molecular weight is 403 g/mol. The molecule has 3 heterocycles. The van der Waals surface area contributed by atoms with Crippen LogP contribution in [0.1, 0.15) is 17.0 Å². The van der Waals surface area contributed by atoms with E-state index < -0.39 is 10.0 Å². The van der Waals surface area contributed by atoms with Crippen LogP contribution in [0.25, 0.3) is 10.8 Å². The summed E-state index contributed by atoms with van der Waals surface area (Å²) < 4.78 is 28.9. The molecule has 7 nitrogen and oxygen atoms in total. The first-order valence-electron chi connectivity index (χ1n) is 8.29. The molecule has 2 aromatic heterocycles. The Morgan fingerprint density at radius 1 is 1.37 bits per heavy atom. The molecule has 140 valence electrons. The van der Waals surface area contributed by atoms with Gasteiger partial charge in [0.1, 0.15) is 5.76 Å². The molecule has 9 heteroatoms. The number of nitrogens with zero attached hydrogens (tertiary/aromatic N) is 2. The highest BCUT2D eigenvalue weighted by molar-refractivity contribution is 7.89. The van der Waals surface area contributed by atoms with Crippen LogP contribution in [0.15, 0.2) is 45.0 Å². The Morgan fingerprint density at radius 3 is 2.89 bits per heavy atom. The zero-order valence-corrected chi connectivity index (χ0v) is 16.1. The Morgan fingerprint density at radius 2 is 2.19 bits per heavy atom. The van der Waals surface area contributed by atoms with Gasteiger partial charge in [-0.15, -0.1) is 11.3 Å². The van der Waals surface area contributed by atoms with Crippen LogP contribution in [0.5, 0.6) is 0 Å². The Labute approximate surface area is 160 Å². The molecule has 0 fully saturated rings.